The molecule has 0 saturated carbocycles. The first kappa shape index (κ1) is 58.8. The predicted molar refractivity (Wildman–Crippen MR) is 294 cm³/mol. The number of rotatable bonds is 51. The summed E-state index contributed by atoms with van der Waals surface area (Å²) in [6.45, 7) is 6.96. The SMILES string of the molecule is CCCCCCCCCCCCCCCCCCc1cc2ccccc2c(CCCCCCCCCCCCCCCCCC)c1CCCCCCCCCCCCCCCCCC. The fourth-order valence-corrected chi connectivity index (χ4v) is 10.9. The molecule has 0 radical (unpaired) electrons. The van der Waals surface area contributed by atoms with Gasteiger partial charge in [-0.05, 0) is 66.0 Å². The second-order valence-electron chi connectivity index (χ2n) is 21.4. The van der Waals surface area contributed by atoms with E-state index in [1.165, 1.54) is 333 Å². The molecule has 2 aromatic carbocycles. The summed E-state index contributed by atoms with van der Waals surface area (Å²) in [6.07, 6.45) is 73.4. The van der Waals surface area contributed by atoms with Crippen molar-refractivity contribution >= 4 is 10.8 Å². The predicted octanol–water partition coefficient (Wildman–Crippen LogP) is 23.3. The van der Waals surface area contributed by atoms with Crippen molar-refractivity contribution in [1.82, 2.24) is 0 Å². The van der Waals surface area contributed by atoms with E-state index in [2.05, 4.69) is 51.1 Å². The van der Waals surface area contributed by atoms with Gasteiger partial charge in [0, 0.05) is 0 Å². The standard InChI is InChI=1S/C64H116/c1-4-7-10-13-16-19-22-25-28-31-34-37-40-43-46-49-54-60-59-61-55-52-53-57-63(61)64(58-51-48-45-42-39-36-33-30-27-24-21-18-15-12-9-6-3)62(60)56-50-47-44-41-38-35-32-29-26-23-20-17-14-11-8-5-2/h52-53,55,57,59H,4-51,54,56,58H2,1-3H3. The molecule has 0 heterocycles. The quantitative estimate of drug-likeness (QED) is 0.0581. The van der Waals surface area contributed by atoms with Gasteiger partial charge >= 0.3 is 0 Å². The largest absolute Gasteiger partial charge is 0.0654 e. The summed E-state index contributed by atoms with van der Waals surface area (Å²) in [4.78, 5) is 0. The monoisotopic (exact) mass is 885 g/mol. The van der Waals surface area contributed by atoms with Crippen molar-refractivity contribution in [2.24, 2.45) is 0 Å². The van der Waals surface area contributed by atoms with Gasteiger partial charge in [0.1, 0.15) is 0 Å². The lowest BCUT2D eigenvalue weighted by Crippen LogP contribution is -2.04. The van der Waals surface area contributed by atoms with Crippen molar-refractivity contribution in [3.05, 3.63) is 47.0 Å². The highest BCUT2D eigenvalue weighted by atomic mass is 14.2. The van der Waals surface area contributed by atoms with Crippen molar-refractivity contribution < 1.29 is 0 Å². The fraction of sp³-hybridized carbons (Fsp3) is 0.844. The minimum atomic E-state index is 1.29. The Bertz CT molecular complexity index is 1220. The maximum atomic E-state index is 2.64. The molecular weight excluding hydrogens is 769 g/mol. The van der Waals surface area contributed by atoms with Gasteiger partial charge in [-0.25, -0.2) is 0 Å². The molecule has 0 aromatic heterocycles. The first-order valence-corrected chi connectivity index (χ1v) is 30.3. The molecule has 0 amide bonds. The Labute approximate surface area is 404 Å². The lowest BCUT2D eigenvalue weighted by molar-refractivity contribution is 0.528. The molecule has 0 aliphatic rings. The summed E-state index contributed by atoms with van der Waals surface area (Å²) < 4.78 is 0. The number of fused-ring (bicyclic) bond motifs is 1. The molecule has 0 bridgehead atoms. The zero-order valence-corrected chi connectivity index (χ0v) is 44.4. The summed E-state index contributed by atoms with van der Waals surface area (Å²) in [5, 5.41) is 3.09. The lowest BCUT2D eigenvalue weighted by Gasteiger charge is -2.19. The summed E-state index contributed by atoms with van der Waals surface area (Å²) >= 11 is 0. The lowest BCUT2D eigenvalue weighted by atomic mass is 9.86. The zero-order chi connectivity index (χ0) is 45.5. The van der Waals surface area contributed by atoms with Crippen LogP contribution in [0.25, 0.3) is 10.8 Å². The summed E-state index contributed by atoms with van der Waals surface area (Å²) in [5.74, 6) is 0. The third kappa shape index (κ3) is 34.1. The van der Waals surface area contributed by atoms with Crippen molar-refractivity contribution in [1.29, 1.82) is 0 Å². The minimum absolute atomic E-state index is 1.29. The van der Waals surface area contributed by atoms with Gasteiger partial charge in [0.2, 0.25) is 0 Å². The summed E-state index contributed by atoms with van der Waals surface area (Å²) in [7, 11) is 0. The van der Waals surface area contributed by atoms with E-state index in [0.29, 0.717) is 0 Å². The Morgan fingerprint density at radius 2 is 0.469 bits per heavy atom. The second-order valence-corrected chi connectivity index (χ2v) is 21.4. The normalized spacial score (nSPS) is 11.7. The van der Waals surface area contributed by atoms with Crippen LogP contribution in [0, 0.1) is 0 Å². The molecule has 0 fully saturated rings. The van der Waals surface area contributed by atoms with Crippen LogP contribution in [0.2, 0.25) is 0 Å². The van der Waals surface area contributed by atoms with Crippen molar-refractivity contribution in [3.8, 4) is 0 Å². The number of unbranched alkanes of at least 4 members (excludes halogenated alkanes) is 45. The van der Waals surface area contributed by atoms with Crippen LogP contribution < -0.4 is 0 Å². The smallest absolute Gasteiger partial charge is 0.0149 e. The Kier molecular flexibility index (Phi) is 43.0. The van der Waals surface area contributed by atoms with Gasteiger partial charge in [0.05, 0.1) is 0 Å². The van der Waals surface area contributed by atoms with Crippen LogP contribution in [-0.4, -0.2) is 0 Å². The zero-order valence-electron chi connectivity index (χ0n) is 44.4. The van der Waals surface area contributed by atoms with Gasteiger partial charge in [0.15, 0.2) is 0 Å². The highest BCUT2D eigenvalue weighted by Crippen LogP contribution is 2.31. The van der Waals surface area contributed by atoms with E-state index in [0.717, 1.165) is 0 Å². The highest BCUT2D eigenvalue weighted by molar-refractivity contribution is 5.88. The van der Waals surface area contributed by atoms with E-state index in [9.17, 15) is 0 Å². The van der Waals surface area contributed by atoms with E-state index in [1.54, 1.807) is 22.1 Å². The van der Waals surface area contributed by atoms with E-state index in [-0.39, 0.29) is 0 Å². The Morgan fingerprint density at radius 3 is 0.766 bits per heavy atom. The molecule has 0 aliphatic carbocycles. The molecule has 2 rings (SSSR count). The topological polar surface area (TPSA) is 0 Å². The van der Waals surface area contributed by atoms with Crippen LogP contribution in [0.5, 0.6) is 0 Å². The average molecular weight is 886 g/mol. The Balaban J connectivity index is 1.76. The average Bonchev–Trinajstić information content (AvgIpc) is 3.31. The van der Waals surface area contributed by atoms with Gasteiger partial charge in [-0.2, -0.15) is 0 Å². The second kappa shape index (κ2) is 46.8. The molecule has 0 spiro atoms. The van der Waals surface area contributed by atoms with Crippen molar-refractivity contribution in [2.45, 2.75) is 348 Å². The van der Waals surface area contributed by atoms with E-state index in [4.69, 9.17) is 0 Å². The molecule has 372 valence electrons. The molecule has 0 N–H and O–H groups in total. The maximum Gasteiger partial charge on any atom is -0.0149 e. The minimum Gasteiger partial charge on any atom is -0.0654 e. The molecule has 0 saturated heterocycles. The van der Waals surface area contributed by atoms with Gasteiger partial charge < -0.3 is 0 Å². The first-order valence-electron chi connectivity index (χ1n) is 30.3. The van der Waals surface area contributed by atoms with Crippen LogP contribution in [0.3, 0.4) is 0 Å². The maximum absolute atomic E-state index is 2.64. The molecule has 0 atom stereocenters. The van der Waals surface area contributed by atoms with Crippen LogP contribution in [0.4, 0.5) is 0 Å². The molecule has 64 heavy (non-hydrogen) atoms. The van der Waals surface area contributed by atoms with E-state index < -0.39 is 0 Å². The third-order valence-electron chi connectivity index (χ3n) is 15.2. The number of aryl methyl sites for hydroxylation is 2. The van der Waals surface area contributed by atoms with Crippen LogP contribution >= 0.6 is 0 Å². The number of benzene rings is 2. The van der Waals surface area contributed by atoms with E-state index in [1.807, 2.05) is 0 Å². The molecule has 0 nitrogen and oxygen atoms in total. The van der Waals surface area contributed by atoms with Gasteiger partial charge in [-0.3, -0.25) is 0 Å². The van der Waals surface area contributed by atoms with Crippen molar-refractivity contribution in [3.63, 3.8) is 0 Å². The van der Waals surface area contributed by atoms with Gasteiger partial charge in [-0.15, -0.1) is 0 Å². The molecule has 0 heteroatoms. The molecule has 0 aliphatic heterocycles. The van der Waals surface area contributed by atoms with Crippen LogP contribution in [0.15, 0.2) is 30.3 Å². The van der Waals surface area contributed by atoms with Gasteiger partial charge in [0.25, 0.3) is 0 Å². The molecular formula is C64H116. The number of hydrogen-bond donors (Lipinski definition) is 0. The van der Waals surface area contributed by atoms with E-state index >= 15 is 0 Å². The fourth-order valence-electron chi connectivity index (χ4n) is 10.9. The summed E-state index contributed by atoms with van der Waals surface area (Å²) in [6, 6.07) is 12.1. The van der Waals surface area contributed by atoms with Gasteiger partial charge in [-0.1, -0.05) is 340 Å². The molecule has 2 aromatic rings. The van der Waals surface area contributed by atoms with Crippen LogP contribution in [-0.2, 0) is 19.3 Å². The Hall–Kier alpha value is -1.30. The summed E-state index contributed by atoms with van der Waals surface area (Å²) in [5.41, 5.74) is 5.25. The first-order chi connectivity index (χ1) is 31.8. The van der Waals surface area contributed by atoms with Crippen LogP contribution in [0.1, 0.15) is 346 Å². The Morgan fingerprint density at radius 1 is 0.234 bits per heavy atom. The molecule has 0 unspecified atom stereocenters. The highest BCUT2D eigenvalue weighted by Gasteiger charge is 2.14. The third-order valence-corrected chi connectivity index (χ3v) is 15.2. The number of hydrogen-bond acceptors (Lipinski definition) is 0. The van der Waals surface area contributed by atoms with Crippen molar-refractivity contribution in [2.75, 3.05) is 0 Å².